The lowest BCUT2D eigenvalue weighted by Gasteiger charge is -2.13. The van der Waals surface area contributed by atoms with Crippen LogP contribution in [0.5, 0.6) is 0 Å². The van der Waals surface area contributed by atoms with Crippen molar-refractivity contribution >= 4 is 11.6 Å². The molecule has 0 aliphatic carbocycles. The summed E-state index contributed by atoms with van der Waals surface area (Å²) in [5, 5.41) is 7.43. The second kappa shape index (κ2) is 5.19. The van der Waals surface area contributed by atoms with Crippen LogP contribution in [0, 0.1) is 13.8 Å². The topological polar surface area (TPSA) is 77.1 Å². The molecule has 0 radical (unpaired) electrons. The number of fused-ring (bicyclic) bond motifs is 1. The van der Waals surface area contributed by atoms with Gasteiger partial charge in [0.05, 0.1) is 11.8 Å². The van der Waals surface area contributed by atoms with Gasteiger partial charge in [-0.05, 0) is 26.3 Å². The molecular weight excluding hydrogens is 292 g/mol. The number of imidazole rings is 1. The smallest absolute Gasteiger partial charge is 0.220 e. The van der Waals surface area contributed by atoms with Crippen LogP contribution < -0.4 is 5.32 Å². The molecule has 0 spiro atoms. The van der Waals surface area contributed by atoms with Crippen molar-refractivity contribution in [3.63, 3.8) is 0 Å². The average Bonchev–Trinajstić information content (AvgIpc) is 3.19. The van der Waals surface area contributed by atoms with Gasteiger partial charge in [-0.25, -0.2) is 14.5 Å². The van der Waals surface area contributed by atoms with Crippen LogP contribution in [-0.2, 0) is 11.3 Å². The van der Waals surface area contributed by atoms with Crippen molar-refractivity contribution in [2.24, 2.45) is 0 Å². The zero-order valence-electron chi connectivity index (χ0n) is 13.2. The van der Waals surface area contributed by atoms with Crippen molar-refractivity contribution in [3.8, 4) is 11.4 Å². The molecule has 3 aromatic heterocycles. The normalized spacial score (nSPS) is 17.8. The number of rotatable bonds is 3. The monoisotopic (exact) mass is 310 g/mol. The molecule has 7 nitrogen and oxygen atoms in total. The van der Waals surface area contributed by atoms with E-state index in [2.05, 4.69) is 25.0 Å². The van der Waals surface area contributed by atoms with E-state index in [-0.39, 0.29) is 11.9 Å². The third-order valence-corrected chi connectivity index (χ3v) is 4.24. The van der Waals surface area contributed by atoms with Crippen molar-refractivity contribution in [3.05, 3.63) is 36.0 Å². The highest BCUT2D eigenvalue weighted by Crippen LogP contribution is 2.24. The standard InChI is InChI=1S/C16H18N6O/c1-10-7-11(2)22-16(19-10)13(8-18-22)15-17-5-6-21(15)9-12-3-4-14(23)20-12/h5-8,12H,3-4,9H2,1-2H3,(H,20,23). The van der Waals surface area contributed by atoms with Gasteiger partial charge in [-0.15, -0.1) is 0 Å². The Morgan fingerprint density at radius 3 is 3.04 bits per heavy atom. The first-order valence-electron chi connectivity index (χ1n) is 7.74. The fraction of sp³-hybridized carbons (Fsp3) is 0.375. The molecule has 1 saturated heterocycles. The van der Waals surface area contributed by atoms with E-state index in [1.165, 1.54) is 0 Å². The molecule has 23 heavy (non-hydrogen) atoms. The maximum atomic E-state index is 11.4. The van der Waals surface area contributed by atoms with Crippen molar-refractivity contribution in [1.82, 2.24) is 29.5 Å². The molecule has 1 atom stereocenters. The third kappa shape index (κ3) is 2.38. The summed E-state index contributed by atoms with van der Waals surface area (Å²) in [6.07, 6.45) is 6.98. The van der Waals surface area contributed by atoms with Crippen molar-refractivity contribution in [2.45, 2.75) is 39.3 Å². The van der Waals surface area contributed by atoms with Gasteiger partial charge in [0.1, 0.15) is 5.82 Å². The molecular formula is C16H18N6O. The molecule has 7 heteroatoms. The summed E-state index contributed by atoms with van der Waals surface area (Å²) in [6.45, 7) is 4.70. The number of carbonyl (C=O) groups is 1. The summed E-state index contributed by atoms with van der Waals surface area (Å²) in [4.78, 5) is 20.5. The Morgan fingerprint density at radius 2 is 2.26 bits per heavy atom. The SMILES string of the molecule is Cc1cc(C)n2ncc(-c3nccn3CC3CCC(=O)N3)c2n1. The van der Waals surface area contributed by atoms with Crippen molar-refractivity contribution < 1.29 is 4.79 Å². The molecule has 1 aliphatic heterocycles. The number of aromatic nitrogens is 5. The minimum absolute atomic E-state index is 0.126. The molecule has 0 bridgehead atoms. The molecule has 4 rings (SSSR count). The minimum atomic E-state index is 0.126. The van der Waals surface area contributed by atoms with Gasteiger partial charge in [0.2, 0.25) is 5.91 Å². The van der Waals surface area contributed by atoms with Crippen molar-refractivity contribution in [2.75, 3.05) is 0 Å². The number of nitrogens with one attached hydrogen (secondary N) is 1. The number of nitrogens with zero attached hydrogens (tertiary/aromatic N) is 5. The molecule has 1 amide bonds. The summed E-state index contributed by atoms with van der Waals surface area (Å²) >= 11 is 0. The van der Waals surface area contributed by atoms with E-state index in [0.29, 0.717) is 13.0 Å². The first-order chi connectivity index (χ1) is 11.1. The van der Waals surface area contributed by atoms with E-state index < -0.39 is 0 Å². The maximum Gasteiger partial charge on any atom is 0.220 e. The largest absolute Gasteiger partial charge is 0.352 e. The maximum absolute atomic E-state index is 11.4. The quantitative estimate of drug-likeness (QED) is 0.795. The number of hydrogen-bond donors (Lipinski definition) is 1. The van der Waals surface area contributed by atoms with Crippen LogP contribution in [-0.4, -0.2) is 36.1 Å². The number of aryl methyl sites for hydroxylation is 2. The number of hydrogen-bond acceptors (Lipinski definition) is 4. The molecule has 1 unspecified atom stereocenters. The van der Waals surface area contributed by atoms with E-state index in [0.717, 1.165) is 34.8 Å². The number of carbonyl (C=O) groups excluding carboxylic acids is 1. The van der Waals surface area contributed by atoms with Gasteiger partial charge in [0.15, 0.2) is 5.65 Å². The highest BCUT2D eigenvalue weighted by atomic mass is 16.1. The first kappa shape index (κ1) is 13.9. The Morgan fingerprint density at radius 1 is 1.39 bits per heavy atom. The Hall–Kier alpha value is -2.70. The van der Waals surface area contributed by atoms with Crippen LogP contribution in [0.1, 0.15) is 24.2 Å². The molecule has 4 heterocycles. The van der Waals surface area contributed by atoms with Crippen LogP contribution in [0.25, 0.3) is 17.0 Å². The van der Waals surface area contributed by atoms with Gasteiger partial charge < -0.3 is 9.88 Å². The van der Waals surface area contributed by atoms with E-state index in [9.17, 15) is 4.79 Å². The van der Waals surface area contributed by atoms with Gasteiger partial charge in [-0.3, -0.25) is 4.79 Å². The molecule has 118 valence electrons. The van der Waals surface area contributed by atoms with E-state index in [1.807, 2.05) is 30.6 Å². The molecule has 1 N–H and O–H groups in total. The van der Waals surface area contributed by atoms with Crippen LogP contribution >= 0.6 is 0 Å². The lowest BCUT2D eigenvalue weighted by molar-refractivity contribution is -0.119. The Balaban J connectivity index is 1.74. The lowest BCUT2D eigenvalue weighted by Crippen LogP contribution is -2.29. The number of amides is 1. The van der Waals surface area contributed by atoms with Gasteiger partial charge in [-0.1, -0.05) is 0 Å². The van der Waals surface area contributed by atoms with Crippen molar-refractivity contribution in [1.29, 1.82) is 0 Å². The molecule has 0 saturated carbocycles. The zero-order chi connectivity index (χ0) is 16.0. The van der Waals surface area contributed by atoms with Crippen LogP contribution in [0.15, 0.2) is 24.7 Å². The first-order valence-corrected chi connectivity index (χ1v) is 7.74. The summed E-state index contributed by atoms with van der Waals surface area (Å²) in [5.74, 6) is 0.958. The van der Waals surface area contributed by atoms with E-state index in [1.54, 1.807) is 12.4 Å². The zero-order valence-corrected chi connectivity index (χ0v) is 13.2. The highest BCUT2D eigenvalue weighted by molar-refractivity contribution is 5.78. The molecule has 3 aromatic rings. The van der Waals surface area contributed by atoms with Crippen LogP contribution in [0.2, 0.25) is 0 Å². The molecule has 1 aliphatic rings. The van der Waals surface area contributed by atoms with Gasteiger partial charge in [0.25, 0.3) is 0 Å². The van der Waals surface area contributed by atoms with Crippen LogP contribution in [0.3, 0.4) is 0 Å². The average molecular weight is 310 g/mol. The second-order valence-electron chi connectivity index (χ2n) is 6.04. The fourth-order valence-electron chi connectivity index (χ4n) is 3.18. The second-order valence-corrected chi connectivity index (χ2v) is 6.04. The molecule has 0 aromatic carbocycles. The summed E-state index contributed by atoms with van der Waals surface area (Å²) in [5.41, 5.74) is 3.72. The lowest BCUT2D eigenvalue weighted by atomic mass is 10.2. The summed E-state index contributed by atoms with van der Waals surface area (Å²) in [7, 11) is 0. The predicted octanol–water partition coefficient (Wildman–Crippen LogP) is 1.49. The fourth-order valence-corrected chi connectivity index (χ4v) is 3.18. The van der Waals surface area contributed by atoms with Gasteiger partial charge in [0, 0.05) is 42.8 Å². The Labute approximate surface area is 133 Å². The summed E-state index contributed by atoms with van der Waals surface area (Å²) in [6, 6.07) is 2.17. The minimum Gasteiger partial charge on any atom is -0.352 e. The third-order valence-electron chi connectivity index (χ3n) is 4.24. The van der Waals surface area contributed by atoms with Gasteiger partial charge in [-0.2, -0.15) is 5.10 Å². The Kier molecular flexibility index (Phi) is 3.14. The predicted molar refractivity (Wildman–Crippen MR) is 84.8 cm³/mol. The van der Waals surface area contributed by atoms with Gasteiger partial charge >= 0.3 is 0 Å². The molecule has 1 fully saturated rings. The summed E-state index contributed by atoms with van der Waals surface area (Å²) < 4.78 is 3.89. The highest BCUT2D eigenvalue weighted by Gasteiger charge is 2.23. The van der Waals surface area contributed by atoms with E-state index >= 15 is 0 Å². The van der Waals surface area contributed by atoms with Crippen LogP contribution in [0.4, 0.5) is 0 Å². The van der Waals surface area contributed by atoms with E-state index in [4.69, 9.17) is 0 Å². The Bertz CT molecular complexity index is 893.